The van der Waals surface area contributed by atoms with Crippen molar-refractivity contribution < 1.29 is 5.11 Å². The number of nitrogens with one attached hydrogen (secondary N) is 1. The summed E-state index contributed by atoms with van der Waals surface area (Å²) < 4.78 is 1.82. The second kappa shape index (κ2) is 6.31. The van der Waals surface area contributed by atoms with Gasteiger partial charge in [-0.1, -0.05) is 6.92 Å². The number of aliphatic hydroxyl groups is 1. The molecule has 2 N–H and O–H groups in total. The summed E-state index contributed by atoms with van der Waals surface area (Å²) in [6, 6.07) is 4.37. The molecule has 0 saturated heterocycles. The number of aryl methyl sites for hydroxylation is 1. The summed E-state index contributed by atoms with van der Waals surface area (Å²) in [5.74, 6) is 0. The molecule has 0 amide bonds. The number of aromatic nitrogens is 1. The number of aliphatic hydroxyl groups excluding tert-OH is 1. The highest BCUT2D eigenvalue weighted by atomic mass is 16.3. The summed E-state index contributed by atoms with van der Waals surface area (Å²) in [4.78, 5) is 0. The van der Waals surface area contributed by atoms with Crippen molar-refractivity contribution in [1.82, 2.24) is 9.88 Å². The Balaban J connectivity index is 2.50. The number of rotatable bonds is 6. The third-order valence-corrected chi connectivity index (χ3v) is 2.74. The SMILES string of the molecule is CCC(CCO)NCc1cc(C#N)n(C)c1. The van der Waals surface area contributed by atoms with Crippen LogP contribution in [0.25, 0.3) is 0 Å². The number of nitriles is 1. The van der Waals surface area contributed by atoms with E-state index in [1.165, 1.54) is 0 Å². The Morgan fingerprint density at radius 3 is 2.88 bits per heavy atom. The van der Waals surface area contributed by atoms with Gasteiger partial charge in [-0.2, -0.15) is 5.26 Å². The molecule has 0 aliphatic heterocycles. The minimum absolute atomic E-state index is 0.212. The zero-order valence-corrected chi connectivity index (χ0v) is 9.90. The lowest BCUT2D eigenvalue weighted by Crippen LogP contribution is -2.28. The van der Waals surface area contributed by atoms with Crippen molar-refractivity contribution in [2.75, 3.05) is 6.61 Å². The Kier molecular flexibility index (Phi) is 5.03. The highest BCUT2D eigenvalue weighted by molar-refractivity contribution is 5.28. The van der Waals surface area contributed by atoms with Crippen LogP contribution in [-0.2, 0) is 13.6 Å². The quantitative estimate of drug-likeness (QED) is 0.757. The molecule has 0 saturated carbocycles. The fourth-order valence-corrected chi connectivity index (χ4v) is 1.71. The molecular formula is C12H19N3O. The normalized spacial score (nSPS) is 12.4. The molecule has 0 aliphatic carbocycles. The zero-order chi connectivity index (χ0) is 12.0. The summed E-state index contributed by atoms with van der Waals surface area (Å²) in [6.07, 6.45) is 3.73. The van der Waals surface area contributed by atoms with Gasteiger partial charge in [-0.25, -0.2) is 0 Å². The Bertz CT molecular complexity index is 365. The molecule has 0 aromatic carbocycles. The molecule has 0 aliphatic rings. The molecule has 4 nitrogen and oxygen atoms in total. The minimum Gasteiger partial charge on any atom is -0.396 e. The van der Waals surface area contributed by atoms with Crippen LogP contribution in [0.4, 0.5) is 0 Å². The highest BCUT2D eigenvalue weighted by Gasteiger charge is 2.06. The van der Waals surface area contributed by atoms with E-state index in [0.29, 0.717) is 11.7 Å². The van der Waals surface area contributed by atoms with Gasteiger partial charge in [0.1, 0.15) is 11.8 Å². The van der Waals surface area contributed by atoms with E-state index in [1.54, 1.807) is 0 Å². The summed E-state index contributed by atoms with van der Waals surface area (Å²) in [5, 5.41) is 21.0. The second-order valence-electron chi connectivity index (χ2n) is 3.95. The lowest BCUT2D eigenvalue weighted by molar-refractivity contribution is 0.262. The van der Waals surface area contributed by atoms with Crippen LogP contribution in [0.1, 0.15) is 31.0 Å². The van der Waals surface area contributed by atoms with Crippen LogP contribution in [0, 0.1) is 11.3 Å². The third-order valence-electron chi connectivity index (χ3n) is 2.74. The summed E-state index contributed by atoms with van der Waals surface area (Å²) in [5.41, 5.74) is 1.78. The molecule has 88 valence electrons. The lowest BCUT2D eigenvalue weighted by Gasteiger charge is -2.14. The van der Waals surface area contributed by atoms with Crippen molar-refractivity contribution in [3.63, 3.8) is 0 Å². The molecule has 1 aromatic rings. The van der Waals surface area contributed by atoms with Crippen molar-refractivity contribution >= 4 is 0 Å². The van der Waals surface area contributed by atoms with Crippen LogP contribution in [0.15, 0.2) is 12.3 Å². The Morgan fingerprint density at radius 1 is 1.62 bits per heavy atom. The van der Waals surface area contributed by atoms with E-state index in [2.05, 4.69) is 18.3 Å². The molecule has 0 radical (unpaired) electrons. The number of hydrogen-bond donors (Lipinski definition) is 2. The van der Waals surface area contributed by atoms with E-state index in [9.17, 15) is 0 Å². The standard InChI is InChI=1S/C12H19N3O/c1-3-11(4-5-16)14-8-10-6-12(7-13)15(2)9-10/h6,9,11,14,16H,3-5,8H2,1-2H3. The van der Waals surface area contributed by atoms with Crippen LogP contribution < -0.4 is 5.32 Å². The van der Waals surface area contributed by atoms with Crippen molar-refractivity contribution in [2.24, 2.45) is 7.05 Å². The maximum absolute atomic E-state index is 8.86. The van der Waals surface area contributed by atoms with Gasteiger partial charge in [0.05, 0.1) is 0 Å². The molecule has 0 bridgehead atoms. The Labute approximate surface area is 96.5 Å². The molecule has 1 aromatic heterocycles. The van der Waals surface area contributed by atoms with E-state index in [-0.39, 0.29) is 6.61 Å². The van der Waals surface area contributed by atoms with Crippen LogP contribution in [0.5, 0.6) is 0 Å². The predicted octanol–water partition coefficient (Wildman–Crippen LogP) is 1.15. The molecule has 4 heteroatoms. The van der Waals surface area contributed by atoms with Gasteiger partial charge in [0.15, 0.2) is 0 Å². The summed E-state index contributed by atoms with van der Waals surface area (Å²) >= 11 is 0. The fraction of sp³-hybridized carbons (Fsp3) is 0.583. The van der Waals surface area contributed by atoms with Gasteiger partial charge in [-0.15, -0.1) is 0 Å². The fourth-order valence-electron chi connectivity index (χ4n) is 1.71. The Morgan fingerprint density at radius 2 is 2.38 bits per heavy atom. The monoisotopic (exact) mass is 221 g/mol. The van der Waals surface area contributed by atoms with Crippen LogP contribution in [-0.4, -0.2) is 22.3 Å². The third kappa shape index (κ3) is 3.37. The van der Waals surface area contributed by atoms with Gasteiger partial charge in [0.25, 0.3) is 0 Å². The van der Waals surface area contributed by atoms with Crippen LogP contribution in [0.2, 0.25) is 0 Å². The first-order chi connectivity index (χ1) is 7.71. The maximum Gasteiger partial charge on any atom is 0.120 e. The largest absolute Gasteiger partial charge is 0.396 e. The van der Waals surface area contributed by atoms with E-state index in [0.717, 1.165) is 24.9 Å². The van der Waals surface area contributed by atoms with Crippen molar-refractivity contribution in [2.45, 2.75) is 32.4 Å². The average molecular weight is 221 g/mol. The summed E-state index contributed by atoms with van der Waals surface area (Å²) in [6.45, 7) is 3.05. The van der Waals surface area contributed by atoms with Gasteiger partial charge in [0.2, 0.25) is 0 Å². The van der Waals surface area contributed by atoms with E-state index < -0.39 is 0 Å². The Hall–Kier alpha value is -1.31. The van der Waals surface area contributed by atoms with Crippen LogP contribution >= 0.6 is 0 Å². The first-order valence-corrected chi connectivity index (χ1v) is 5.60. The van der Waals surface area contributed by atoms with Gasteiger partial charge < -0.3 is 15.0 Å². The van der Waals surface area contributed by atoms with E-state index in [1.807, 2.05) is 23.9 Å². The van der Waals surface area contributed by atoms with Crippen molar-refractivity contribution in [3.8, 4) is 6.07 Å². The van der Waals surface area contributed by atoms with Crippen molar-refractivity contribution in [3.05, 3.63) is 23.5 Å². The zero-order valence-electron chi connectivity index (χ0n) is 9.90. The lowest BCUT2D eigenvalue weighted by atomic mass is 10.1. The molecule has 1 rings (SSSR count). The molecule has 1 atom stereocenters. The van der Waals surface area contributed by atoms with Gasteiger partial charge in [-0.05, 0) is 24.5 Å². The molecule has 1 unspecified atom stereocenters. The van der Waals surface area contributed by atoms with E-state index in [4.69, 9.17) is 10.4 Å². The predicted molar refractivity (Wildman–Crippen MR) is 62.7 cm³/mol. The smallest absolute Gasteiger partial charge is 0.120 e. The van der Waals surface area contributed by atoms with Gasteiger partial charge >= 0.3 is 0 Å². The highest BCUT2D eigenvalue weighted by Crippen LogP contribution is 2.07. The van der Waals surface area contributed by atoms with E-state index >= 15 is 0 Å². The first kappa shape index (κ1) is 12.8. The first-order valence-electron chi connectivity index (χ1n) is 5.60. The number of nitrogens with zero attached hydrogens (tertiary/aromatic N) is 2. The molecule has 0 fully saturated rings. The van der Waals surface area contributed by atoms with Gasteiger partial charge in [-0.3, -0.25) is 0 Å². The average Bonchev–Trinajstić information content (AvgIpc) is 2.65. The summed E-state index contributed by atoms with van der Waals surface area (Å²) in [7, 11) is 1.87. The molecular weight excluding hydrogens is 202 g/mol. The second-order valence-corrected chi connectivity index (χ2v) is 3.95. The molecule has 1 heterocycles. The molecule has 0 spiro atoms. The molecule has 16 heavy (non-hydrogen) atoms. The topological polar surface area (TPSA) is 61.0 Å². The maximum atomic E-state index is 8.86. The van der Waals surface area contributed by atoms with Gasteiger partial charge in [0, 0.05) is 32.4 Å². The number of hydrogen-bond acceptors (Lipinski definition) is 3. The van der Waals surface area contributed by atoms with Crippen molar-refractivity contribution in [1.29, 1.82) is 5.26 Å². The minimum atomic E-state index is 0.212. The van der Waals surface area contributed by atoms with Crippen LogP contribution in [0.3, 0.4) is 0 Å².